The number of rotatable bonds is 8. The highest BCUT2D eigenvalue weighted by molar-refractivity contribution is 5.86. The van der Waals surface area contributed by atoms with Gasteiger partial charge in [-0.15, -0.1) is 0 Å². The minimum atomic E-state index is -0.711. The fraction of sp³-hybridized carbons (Fsp3) is 0.462. The van der Waals surface area contributed by atoms with Crippen LogP contribution in [0.5, 0.6) is 11.5 Å². The van der Waals surface area contributed by atoms with Crippen molar-refractivity contribution in [3.8, 4) is 11.5 Å². The largest absolute Gasteiger partial charge is 0.454 e. The van der Waals surface area contributed by atoms with Crippen molar-refractivity contribution in [2.75, 3.05) is 26.6 Å². The van der Waals surface area contributed by atoms with E-state index in [4.69, 9.17) is 18.9 Å². The van der Waals surface area contributed by atoms with Gasteiger partial charge < -0.3 is 29.6 Å². The van der Waals surface area contributed by atoms with Gasteiger partial charge in [-0.25, -0.2) is 4.79 Å². The minimum absolute atomic E-state index is 0.111. The monoisotopic (exact) mass is 468 g/mol. The van der Waals surface area contributed by atoms with Gasteiger partial charge in [-0.3, -0.25) is 4.79 Å². The van der Waals surface area contributed by atoms with Crippen LogP contribution in [0.2, 0.25) is 0 Å². The summed E-state index contributed by atoms with van der Waals surface area (Å²) >= 11 is 0. The molecule has 2 aliphatic rings. The molecule has 2 aliphatic heterocycles. The van der Waals surface area contributed by atoms with E-state index < -0.39 is 12.1 Å². The fourth-order valence-electron chi connectivity index (χ4n) is 4.35. The lowest BCUT2D eigenvalue weighted by atomic mass is 9.74. The van der Waals surface area contributed by atoms with Crippen LogP contribution in [0.1, 0.15) is 37.8 Å². The normalized spacial score (nSPS) is 17.1. The Labute approximate surface area is 199 Å². The first-order chi connectivity index (χ1) is 16.5. The Kier molecular flexibility index (Phi) is 7.57. The number of carbonyl (C=O) groups is 2. The number of fused-ring (bicyclic) bond motifs is 1. The lowest BCUT2D eigenvalue weighted by Gasteiger charge is -2.38. The summed E-state index contributed by atoms with van der Waals surface area (Å²) in [5.74, 6) is 1.10. The zero-order chi connectivity index (χ0) is 24.0. The molecule has 0 aliphatic carbocycles. The summed E-state index contributed by atoms with van der Waals surface area (Å²) in [4.78, 5) is 25.5. The summed E-state index contributed by atoms with van der Waals surface area (Å²) in [6.07, 6.45) is 0.923. The van der Waals surface area contributed by atoms with Gasteiger partial charge in [0.2, 0.25) is 12.7 Å². The molecule has 182 valence electrons. The molecule has 2 N–H and O–H groups in total. The molecule has 2 amide bonds. The number of hydrogen-bond acceptors (Lipinski definition) is 6. The van der Waals surface area contributed by atoms with Gasteiger partial charge in [-0.2, -0.15) is 0 Å². The van der Waals surface area contributed by atoms with Crippen LogP contribution in [-0.4, -0.2) is 44.6 Å². The zero-order valence-electron chi connectivity index (χ0n) is 19.7. The molecule has 4 rings (SSSR count). The van der Waals surface area contributed by atoms with Crippen molar-refractivity contribution < 1.29 is 28.5 Å². The highest BCUT2D eigenvalue weighted by Crippen LogP contribution is 2.40. The Morgan fingerprint density at radius 2 is 1.76 bits per heavy atom. The highest BCUT2D eigenvalue weighted by atomic mass is 16.7. The maximum Gasteiger partial charge on any atom is 0.408 e. The van der Waals surface area contributed by atoms with Crippen molar-refractivity contribution in [3.63, 3.8) is 0 Å². The third-order valence-corrected chi connectivity index (χ3v) is 6.47. The van der Waals surface area contributed by atoms with Crippen LogP contribution in [-0.2, 0) is 26.3 Å². The van der Waals surface area contributed by atoms with Gasteiger partial charge in [-0.1, -0.05) is 50.2 Å². The topological polar surface area (TPSA) is 95.1 Å². The molecule has 0 saturated carbocycles. The highest BCUT2D eigenvalue weighted by Gasteiger charge is 2.37. The zero-order valence-corrected chi connectivity index (χ0v) is 19.7. The van der Waals surface area contributed by atoms with Crippen molar-refractivity contribution in [2.45, 2.75) is 44.8 Å². The number of benzene rings is 2. The van der Waals surface area contributed by atoms with Gasteiger partial charge >= 0.3 is 6.09 Å². The smallest absolute Gasteiger partial charge is 0.408 e. The van der Waals surface area contributed by atoms with Crippen LogP contribution < -0.4 is 20.1 Å². The van der Waals surface area contributed by atoms with Crippen LogP contribution in [0.3, 0.4) is 0 Å². The van der Waals surface area contributed by atoms with Crippen LogP contribution >= 0.6 is 0 Å². The maximum atomic E-state index is 13.1. The molecule has 2 aromatic carbocycles. The Hall–Kier alpha value is -3.26. The molecule has 1 atom stereocenters. The van der Waals surface area contributed by atoms with E-state index >= 15 is 0 Å². The molecular formula is C26H32N2O6. The molecular weight excluding hydrogens is 436 g/mol. The number of hydrogen-bond donors (Lipinski definition) is 2. The molecule has 2 heterocycles. The van der Waals surface area contributed by atoms with Gasteiger partial charge in [0.25, 0.3) is 0 Å². The molecule has 8 heteroatoms. The molecule has 34 heavy (non-hydrogen) atoms. The lowest BCUT2D eigenvalue weighted by molar-refractivity contribution is -0.124. The molecule has 1 saturated heterocycles. The number of ether oxygens (including phenoxy) is 4. The van der Waals surface area contributed by atoms with Crippen LogP contribution in [0.15, 0.2) is 48.5 Å². The van der Waals surface area contributed by atoms with E-state index in [0.29, 0.717) is 19.8 Å². The number of carbonyl (C=O) groups excluding carboxylic acids is 2. The van der Waals surface area contributed by atoms with E-state index in [9.17, 15) is 9.59 Å². The average molecular weight is 469 g/mol. The number of amides is 2. The van der Waals surface area contributed by atoms with Gasteiger partial charge in [0.1, 0.15) is 12.6 Å². The van der Waals surface area contributed by atoms with E-state index in [1.807, 2.05) is 62.4 Å². The number of alkyl carbamates (subject to hydrolysis) is 1. The van der Waals surface area contributed by atoms with Gasteiger partial charge in [0, 0.05) is 25.2 Å². The summed E-state index contributed by atoms with van der Waals surface area (Å²) in [7, 11) is 0. The maximum absolute atomic E-state index is 13.1. The SMILES string of the molecule is CC(C)[C@H](NC(=O)OCc1ccccc1)C(=O)NCC1(c2ccc3c(c2)OCO3)CCOCC1. The molecule has 0 unspecified atom stereocenters. The first-order valence-corrected chi connectivity index (χ1v) is 11.7. The summed E-state index contributed by atoms with van der Waals surface area (Å²) < 4.78 is 21.9. The van der Waals surface area contributed by atoms with Crippen molar-refractivity contribution in [1.82, 2.24) is 10.6 Å². The molecule has 2 aromatic rings. The van der Waals surface area contributed by atoms with E-state index in [1.165, 1.54) is 0 Å². The second kappa shape index (κ2) is 10.8. The summed E-state index contributed by atoms with van der Waals surface area (Å²) in [6, 6.07) is 14.7. The first kappa shape index (κ1) is 23.9. The second-order valence-electron chi connectivity index (χ2n) is 9.11. The van der Waals surface area contributed by atoms with Crippen molar-refractivity contribution in [3.05, 3.63) is 59.7 Å². The van der Waals surface area contributed by atoms with Crippen molar-refractivity contribution in [2.24, 2.45) is 5.92 Å². The lowest BCUT2D eigenvalue weighted by Crippen LogP contribution is -2.53. The van der Waals surface area contributed by atoms with Gasteiger partial charge in [0.05, 0.1) is 0 Å². The predicted molar refractivity (Wildman–Crippen MR) is 126 cm³/mol. The third-order valence-electron chi connectivity index (χ3n) is 6.47. The van der Waals surface area contributed by atoms with E-state index in [-0.39, 0.29) is 30.6 Å². The van der Waals surface area contributed by atoms with Gasteiger partial charge in [-0.05, 0) is 42.0 Å². The van der Waals surface area contributed by atoms with Gasteiger partial charge in [0.15, 0.2) is 11.5 Å². The average Bonchev–Trinajstić information content (AvgIpc) is 3.34. The van der Waals surface area contributed by atoms with E-state index in [2.05, 4.69) is 10.6 Å². The molecule has 8 nitrogen and oxygen atoms in total. The Morgan fingerprint density at radius 3 is 2.50 bits per heavy atom. The standard InChI is InChI=1S/C26H32N2O6/c1-18(2)23(28-25(30)32-15-19-6-4-3-5-7-19)24(29)27-16-26(10-12-31-13-11-26)20-8-9-21-22(14-20)34-17-33-21/h3-9,14,18,23H,10-13,15-17H2,1-2H3,(H,27,29)(H,28,30)/t23-/m0/s1. The molecule has 0 spiro atoms. The third kappa shape index (κ3) is 5.62. The molecule has 0 aromatic heterocycles. The minimum Gasteiger partial charge on any atom is -0.454 e. The summed E-state index contributed by atoms with van der Waals surface area (Å²) in [6.45, 7) is 5.80. The summed E-state index contributed by atoms with van der Waals surface area (Å²) in [5.41, 5.74) is 1.68. The Balaban J connectivity index is 1.39. The predicted octanol–water partition coefficient (Wildman–Crippen LogP) is 3.53. The molecule has 1 fully saturated rings. The van der Waals surface area contributed by atoms with Crippen molar-refractivity contribution >= 4 is 12.0 Å². The van der Waals surface area contributed by atoms with Crippen LogP contribution in [0.25, 0.3) is 0 Å². The van der Waals surface area contributed by atoms with Crippen LogP contribution in [0, 0.1) is 5.92 Å². The first-order valence-electron chi connectivity index (χ1n) is 11.7. The Bertz CT molecular complexity index is 988. The second-order valence-corrected chi connectivity index (χ2v) is 9.11. The number of nitrogens with one attached hydrogen (secondary N) is 2. The molecule has 0 radical (unpaired) electrons. The molecule has 0 bridgehead atoms. The van der Waals surface area contributed by atoms with E-state index in [1.54, 1.807) is 0 Å². The van der Waals surface area contributed by atoms with Crippen molar-refractivity contribution in [1.29, 1.82) is 0 Å². The quantitative estimate of drug-likeness (QED) is 0.616. The van der Waals surface area contributed by atoms with Crippen LogP contribution in [0.4, 0.5) is 4.79 Å². The van der Waals surface area contributed by atoms with E-state index in [0.717, 1.165) is 35.5 Å². The summed E-state index contributed by atoms with van der Waals surface area (Å²) in [5, 5.41) is 5.81. The fourth-order valence-corrected chi connectivity index (χ4v) is 4.35. The Morgan fingerprint density at radius 1 is 1.03 bits per heavy atom.